The van der Waals surface area contributed by atoms with Gasteiger partial charge in [-0.3, -0.25) is 9.59 Å². The first-order valence-corrected chi connectivity index (χ1v) is 9.89. The maximum Gasteiger partial charge on any atom is 0.253 e. The van der Waals surface area contributed by atoms with Crippen molar-refractivity contribution < 1.29 is 19.2 Å². The van der Waals surface area contributed by atoms with E-state index in [0.29, 0.717) is 42.8 Å². The molecular formula is C22H26N2O4. The summed E-state index contributed by atoms with van der Waals surface area (Å²) in [5, 5.41) is 13.9. The van der Waals surface area contributed by atoms with Gasteiger partial charge in [-0.05, 0) is 42.4 Å². The van der Waals surface area contributed by atoms with Gasteiger partial charge in [0.15, 0.2) is 11.5 Å². The average molecular weight is 382 g/mol. The third-order valence-electron chi connectivity index (χ3n) is 5.65. The minimum Gasteiger partial charge on any atom is -0.391 e. The summed E-state index contributed by atoms with van der Waals surface area (Å²) in [5.41, 5.74) is 2.89. The number of β-amino-alcohol motifs (C(OH)–C–C–N with tert-alkyl or cyclic N) is 1. The van der Waals surface area contributed by atoms with E-state index in [1.807, 2.05) is 12.1 Å². The maximum atomic E-state index is 12.6. The van der Waals surface area contributed by atoms with Gasteiger partial charge in [0.1, 0.15) is 0 Å². The molecule has 1 aromatic heterocycles. The van der Waals surface area contributed by atoms with Crippen molar-refractivity contribution in [3.05, 3.63) is 52.4 Å². The van der Waals surface area contributed by atoms with E-state index in [2.05, 4.69) is 19.0 Å². The van der Waals surface area contributed by atoms with Crippen molar-refractivity contribution in [2.75, 3.05) is 13.1 Å². The number of aliphatic hydroxyl groups is 1. The minimum absolute atomic E-state index is 0.0558. The van der Waals surface area contributed by atoms with Crippen LogP contribution in [0.4, 0.5) is 0 Å². The van der Waals surface area contributed by atoms with E-state index in [4.69, 9.17) is 4.52 Å². The first-order valence-electron chi connectivity index (χ1n) is 9.89. The number of piperidine rings is 1. The molecule has 2 aromatic rings. The molecule has 0 bridgehead atoms. The van der Waals surface area contributed by atoms with Crippen LogP contribution >= 0.6 is 0 Å². The van der Waals surface area contributed by atoms with Crippen LogP contribution in [0.25, 0.3) is 0 Å². The lowest BCUT2D eigenvalue weighted by atomic mass is 9.75. The van der Waals surface area contributed by atoms with E-state index >= 15 is 0 Å². The van der Waals surface area contributed by atoms with E-state index in [9.17, 15) is 14.7 Å². The summed E-state index contributed by atoms with van der Waals surface area (Å²) in [6, 6.07) is 7.37. The van der Waals surface area contributed by atoms with Gasteiger partial charge in [-0.2, -0.15) is 0 Å². The monoisotopic (exact) mass is 382 g/mol. The smallest absolute Gasteiger partial charge is 0.253 e. The van der Waals surface area contributed by atoms with Crippen molar-refractivity contribution in [2.24, 2.45) is 5.41 Å². The summed E-state index contributed by atoms with van der Waals surface area (Å²) in [6.45, 7) is 5.21. The Bertz CT molecular complexity index is 898. The lowest BCUT2D eigenvalue weighted by Gasteiger charge is -2.30. The first kappa shape index (κ1) is 18.9. The second-order valence-electron chi connectivity index (χ2n) is 8.79. The lowest BCUT2D eigenvalue weighted by molar-refractivity contribution is 0.0473. The normalized spacial score (nSPS) is 21.5. The molecule has 28 heavy (non-hydrogen) atoms. The number of rotatable bonds is 3. The van der Waals surface area contributed by atoms with Crippen molar-refractivity contribution in [1.82, 2.24) is 10.1 Å². The molecule has 6 nitrogen and oxygen atoms in total. The van der Waals surface area contributed by atoms with Crippen LogP contribution in [0.1, 0.15) is 70.8 Å². The molecule has 1 aliphatic carbocycles. The topological polar surface area (TPSA) is 83.6 Å². The van der Waals surface area contributed by atoms with Crippen LogP contribution in [0.2, 0.25) is 0 Å². The number of ketones is 1. The van der Waals surface area contributed by atoms with Crippen molar-refractivity contribution in [1.29, 1.82) is 0 Å². The molecule has 1 aromatic carbocycles. The second kappa shape index (κ2) is 7.17. The van der Waals surface area contributed by atoms with E-state index in [-0.39, 0.29) is 17.1 Å². The van der Waals surface area contributed by atoms with Gasteiger partial charge in [0.05, 0.1) is 17.4 Å². The Labute approximate surface area is 164 Å². The van der Waals surface area contributed by atoms with Gasteiger partial charge in [0.2, 0.25) is 0 Å². The van der Waals surface area contributed by atoms with E-state index in [1.165, 1.54) is 0 Å². The number of amides is 1. The van der Waals surface area contributed by atoms with Crippen molar-refractivity contribution in [3.8, 4) is 0 Å². The van der Waals surface area contributed by atoms with Crippen LogP contribution in [0.5, 0.6) is 0 Å². The fraction of sp³-hybridized carbons (Fsp3) is 0.500. The summed E-state index contributed by atoms with van der Waals surface area (Å²) in [4.78, 5) is 26.9. The molecule has 6 heteroatoms. The molecule has 1 saturated heterocycles. The molecule has 1 N–H and O–H groups in total. The molecular weight excluding hydrogens is 356 g/mol. The van der Waals surface area contributed by atoms with Crippen molar-refractivity contribution >= 4 is 11.7 Å². The van der Waals surface area contributed by atoms with Gasteiger partial charge < -0.3 is 14.5 Å². The Morgan fingerprint density at radius 3 is 2.75 bits per heavy atom. The van der Waals surface area contributed by atoms with Gasteiger partial charge >= 0.3 is 0 Å². The summed E-state index contributed by atoms with van der Waals surface area (Å²) in [5.74, 6) is 0.645. The Morgan fingerprint density at radius 2 is 2.04 bits per heavy atom. The highest BCUT2D eigenvalue weighted by Crippen LogP contribution is 2.36. The number of hydrogen-bond donors (Lipinski definition) is 1. The Balaban J connectivity index is 1.48. The maximum absolute atomic E-state index is 12.6. The highest BCUT2D eigenvalue weighted by atomic mass is 16.5. The van der Waals surface area contributed by atoms with Crippen LogP contribution in [0, 0.1) is 5.41 Å². The van der Waals surface area contributed by atoms with Crippen LogP contribution in [-0.4, -0.2) is 46.0 Å². The molecule has 148 valence electrons. The average Bonchev–Trinajstić information content (AvgIpc) is 3.03. The molecule has 1 amide bonds. The van der Waals surface area contributed by atoms with Crippen molar-refractivity contribution in [3.63, 3.8) is 0 Å². The predicted molar refractivity (Wildman–Crippen MR) is 103 cm³/mol. The van der Waals surface area contributed by atoms with Gasteiger partial charge in [0.25, 0.3) is 5.91 Å². The van der Waals surface area contributed by atoms with Crippen LogP contribution < -0.4 is 0 Å². The second-order valence-corrected chi connectivity index (χ2v) is 8.79. The van der Waals surface area contributed by atoms with Crippen molar-refractivity contribution in [2.45, 2.75) is 52.1 Å². The van der Waals surface area contributed by atoms with Crippen LogP contribution in [0.15, 0.2) is 28.8 Å². The molecule has 0 unspecified atom stereocenters. The third-order valence-corrected chi connectivity index (χ3v) is 5.65. The zero-order valence-corrected chi connectivity index (χ0v) is 16.4. The number of Topliss-reactive ketones (excluding diaryl/α,β-unsaturated/α-hetero) is 1. The number of likely N-dealkylation sites (tertiary alicyclic amines) is 1. The summed E-state index contributed by atoms with van der Waals surface area (Å²) in [6.07, 6.45) is 2.87. The fourth-order valence-electron chi connectivity index (χ4n) is 4.23. The highest BCUT2D eigenvalue weighted by molar-refractivity contribution is 5.99. The SMILES string of the molecule is CC1(C)CC(=O)c2c(noc2Cc2ccc(C(=O)N3CCC[C@@H](O)C3)cc2)C1. The zero-order chi connectivity index (χ0) is 19.9. The predicted octanol–water partition coefficient (Wildman–Crippen LogP) is 3.02. The Kier molecular flexibility index (Phi) is 4.83. The molecule has 1 fully saturated rings. The lowest BCUT2D eigenvalue weighted by Crippen LogP contribution is -2.42. The number of fused-ring (bicyclic) bond motifs is 1. The molecule has 1 atom stereocenters. The van der Waals surface area contributed by atoms with Gasteiger partial charge in [0, 0.05) is 31.5 Å². The number of nitrogens with zero attached hydrogens (tertiary/aromatic N) is 2. The molecule has 0 spiro atoms. The quantitative estimate of drug-likeness (QED) is 0.882. The van der Waals surface area contributed by atoms with Crippen LogP contribution in [-0.2, 0) is 12.8 Å². The summed E-state index contributed by atoms with van der Waals surface area (Å²) in [7, 11) is 0. The number of carbonyl (C=O) groups excluding carboxylic acids is 2. The molecule has 2 aliphatic rings. The number of aromatic nitrogens is 1. The van der Waals surface area contributed by atoms with Crippen LogP contribution in [0.3, 0.4) is 0 Å². The fourth-order valence-corrected chi connectivity index (χ4v) is 4.23. The van der Waals surface area contributed by atoms with E-state index < -0.39 is 6.10 Å². The summed E-state index contributed by atoms with van der Waals surface area (Å²) >= 11 is 0. The third kappa shape index (κ3) is 3.74. The number of carbonyl (C=O) groups is 2. The largest absolute Gasteiger partial charge is 0.391 e. The minimum atomic E-state index is -0.433. The molecule has 1 aliphatic heterocycles. The van der Waals surface area contributed by atoms with Gasteiger partial charge in [-0.1, -0.05) is 31.1 Å². The Morgan fingerprint density at radius 1 is 1.29 bits per heavy atom. The molecule has 0 radical (unpaired) electrons. The standard InChI is InChI=1S/C22H26N2O4/c1-22(2)11-17-20(18(26)12-22)19(28-23-17)10-14-5-7-15(8-6-14)21(27)24-9-3-4-16(25)13-24/h5-8,16,25H,3-4,9-13H2,1-2H3/t16-/m1/s1. The van der Waals surface area contributed by atoms with E-state index in [1.54, 1.807) is 17.0 Å². The van der Waals surface area contributed by atoms with E-state index in [0.717, 1.165) is 30.5 Å². The molecule has 0 saturated carbocycles. The summed E-state index contributed by atoms with van der Waals surface area (Å²) < 4.78 is 5.50. The van der Waals surface area contributed by atoms with Gasteiger partial charge in [-0.25, -0.2) is 0 Å². The number of benzene rings is 1. The zero-order valence-electron chi connectivity index (χ0n) is 16.4. The van der Waals surface area contributed by atoms with Gasteiger partial charge in [-0.15, -0.1) is 0 Å². The molecule has 4 rings (SSSR count). The Hall–Kier alpha value is -2.47. The highest BCUT2D eigenvalue weighted by Gasteiger charge is 2.36. The number of hydrogen-bond acceptors (Lipinski definition) is 5. The number of aliphatic hydroxyl groups excluding tert-OH is 1. The molecule has 2 heterocycles. The first-order chi connectivity index (χ1) is 13.3.